The van der Waals surface area contributed by atoms with Crippen molar-refractivity contribution in [3.05, 3.63) is 82.2 Å². The van der Waals surface area contributed by atoms with Gasteiger partial charge in [-0.1, -0.05) is 21.3 Å². The van der Waals surface area contributed by atoms with Crippen molar-refractivity contribution < 1.29 is 9.47 Å². The van der Waals surface area contributed by atoms with Crippen LogP contribution in [0.5, 0.6) is 0 Å². The molecule has 0 N–H and O–H groups in total. The zero-order chi connectivity index (χ0) is 32.2. The second-order valence-electron chi connectivity index (χ2n) is 12.0. The molecule has 0 aromatic carbocycles. The summed E-state index contributed by atoms with van der Waals surface area (Å²) in [4.78, 5) is 18.5. The van der Waals surface area contributed by atoms with Crippen LogP contribution in [0.1, 0.15) is 83.4 Å². The summed E-state index contributed by atoms with van der Waals surface area (Å²) < 4.78 is 16.4. The van der Waals surface area contributed by atoms with Crippen LogP contribution in [0.25, 0.3) is 44.6 Å². The lowest BCUT2D eigenvalue weighted by molar-refractivity contribution is -0.0396. The number of fused-ring (bicyclic) bond motifs is 2. The topological polar surface area (TPSA) is 106 Å². The van der Waals surface area contributed by atoms with Crippen molar-refractivity contribution in [3.8, 4) is 22.5 Å². The predicted molar refractivity (Wildman–Crippen MR) is 197 cm³/mol. The first-order chi connectivity index (χ1) is 23.1. The van der Waals surface area contributed by atoms with Gasteiger partial charge in [-0.25, -0.2) is 19.3 Å². The van der Waals surface area contributed by atoms with Gasteiger partial charge in [-0.05, 0) is 121 Å². The second-order valence-corrected chi connectivity index (χ2v) is 13.1. The van der Waals surface area contributed by atoms with Crippen LogP contribution in [0.2, 0.25) is 0 Å². The molecule has 8 heterocycles. The SMILES string of the molecule is C.CCc1cnc2ccc(-c3cn(C4CCCCO4)nc3I)nc2c1.CCc1cnc2ccc(-c3cnn(C4CCCCO4)c3)nc2c1. The molecule has 2 unspecified atom stereocenters. The molecular formula is C37H43IN8O2. The standard InChI is InChI=1S/C18H19IN4O.C18H20N4O.CH4/c1-2-12-9-16-15(20-10-12)7-6-14(21-16)13-11-23(22-18(13)19)17-5-3-4-8-24-17;1-2-13-9-17-16(19-10-13)7-6-15(21-17)14-11-20-22(12-14)18-5-3-4-8-23-18;/h6-7,9-11,17H,2-5,8H2,1H3;6-7,9-12,18H,2-5,8H2,1H3;1H4. The molecule has 0 aliphatic carbocycles. The summed E-state index contributed by atoms with van der Waals surface area (Å²) in [6.45, 7) is 5.89. The molecule has 0 bridgehead atoms. The van der Waals surface area contributed by atoms with Gasteiger partial charge >= 0.3 is 0 Å². The van der Waals surface area contributed by atoms with Crippen LogP contribution < -0.4 is 0 Å². The number of hydrogen-bond donors (Lipinski definition) is 0. The quantitative estimate of drug-likeness (QED) is 0.155. The zero-order valence-corrected chi connectivity index (χ0v) is 29.0. The lowest BCUT2D eigenvalue weighted by atomic mass is 10.1. The van der Waals surface area contributed by atoms with E-state index in [-0.39, 0.29) is 19.9 Å². The van der Waals surface area contributed by atoms with Crippen LogP contribution >= 0.6 is 22.6 Å². The number of ether oxygens (including phenoxy) is 2. The minimum absolute atomic E-state index is 0. The first-order valence-corrected chi connectivity index (χ1v) is 17.7. The number of pyridine rings is 4. The fourth-order valence-electron chi connectivity index (χ4n) is 5.98. The van der Waals surface area contributed by atoms with Crippen molar-refractivity contribution in [1.29, 1.82) is 0 Å². The van der Waals surface area contributed by atoms with Crippen molar-refractivity contribution in [2.45, 2.75) is 85.1 Å². The molecule has 2 aliphatic rings. The van der Waals surface area contributed by atoms with Gasteiger partial charge in [-0.3, -0.25) is 9.97 Å². The predicted octanol–water partition coefficient (Wildman–Crippen LogP) is 8.75. The number of rotatable bonds is 6. The normalized spacial score (nSPS) is 17.9. The lowest BCUT2D eigenvalue weighted by Crippen LogP contribution is -2.18. The molecule has 6 aromatic heterocycles. The molecule has 0 spiro atoms. The number of hydrogen-bond acceptors (Lipinski definition) is 8. The average molecular weight is 759 g/mol. The Labute approximate surface area is 295 Å². The third kappa shape index (κ3) is 7.58. The smallest absolute Gasteiger partial charge is 0.150 e. The summed E-state index contributed by atoms with van der Waals surface area (Å²) >= 11 is 2.28. The molecule has 250 valence electrons. The van der Waals surface area contributed by atoms with Gasteiger partial charge in [0.15, 0.2) is 0 Å². The minimum atomic E-state index is 0. The van der Waals surface area contributed by atoms with E-state index < -0.39 is 0 Å². The van der Waals surface area contributed by atoms with Crippen molar-refractivity contribution in [3.63, 3.8) is 0 Å². The highest BCUT2D eigenvalue weighted by Gasteiger charge is 2.20. The van der Waals surface area contributed by atoms with Gasteiger partial charge < -0.3 is 9.47 Å². The molecular weight excluding hydrogens is 715 g/mol. The van der Waals surface area contributed by atoms with E-state index in [2.05, 4.69) is 74.9 Å². The Morgan fingerprint density at radius 1 is 0.708 bits per heavy atom. The third-order valence-corrected chi connectivity index (χ3v) is 9.56. The highest BCUT2D eigenvalue weighted by molar-refractivity contribution is 14.1. The van der Waals surface area contributed by atoms with Gasteiger partial charge in [-0.15, -0.1) is 0 Å². The van der Waals surface area contributed by atoms with Gasteiger partial charge in [0.1, 0.15) is 16.2 Å². The van der Waals surface area contributed by atoms with Crippen molar-refractivity contribution in [2.24, 2.45) is 0 Å². The number of halogens is 1. The van der Waals surface area contributed by atoms with E-state index in [9.17, 15) is 0 Å². The van der Waals surface area contributed by atoms with Gasteiger partial charge in [0.2, 0.25) is 0 Å². The maximum absolute atomic E-state index is 5.84. The Bertz CT molecular complexity index is 1980. The van der Waals surface area contributed by atoms with Crippen LogP contribution in [-0.2, 0) is 22.3 Å². The van der Waals surface area contributed by atoms with Crippen LogP contribution in [0.4, 0.5) is 0 Å². The van der Waals surface area contributed by atoms with E-state index in [1.165, 1.54) is 24.0 Å². The summed E-state index contributed by atoms with van der Waals surface area (Å²) in [6.07, 6.45) is 18.5. The Morgan fingerprint density at radius 3 is 1.88 bits per heavy atom. The van der Waals surface area contributed by atoms with Crippen molar-refractivity contribution in [2.75, 3.05) is 13.2 Å². The Hall–Kier alpha value is -3.81. The van der Waals surface area contributed by atoms with E-state index in [4.69, 9.17) is 19.4 Å². The first kappa shape index (κ1) is 34.1. The maximum atomic E-state index is 5.84. The molecule has 0 saturated carbocycles. The van der Waals surface area contributed by atoms with Crippen LogP contribution in [-0.4, -0.2) is 52.7 Å². The molecule has 8 rings (SSSR count). The molecule has 0 radical (unpaired) electrons. The maximum Gasteiger partial charge on any atom is 0.150 e. The van der Waals surface area contributed by atoms with Crippen LogP contribution in [0.15, 0.2) is 67.4 Å². The molecule has 0 amide bonds. The molecule has 2 fully saturated rings. The molecule has 11 heteroatoms. The van der Waals surface area contributed by atoms with Crippen LogP contribution in [0.3, 0.4) is 0 Å². The van der Waals surface area contributed by atoms with Gasteiger partial charge in [0, 0.05) is 43.6 Å². The van der Waals surface area contributed by atoms with Gasteiger partial charge in [0.25, 0.3) is 0 Å². The highest BCUT2D eigenvalue weighted by atomic mass is 127. The van der Waals surface area contributed by atoms with Crippen LogP contribution in [0, 0.1) is 3.70 Å². The summed E-state index contributed by atoms with van der Waals surface area (Å²) in [5.41, 5.74) is 10.0. The summed E-state index contributed by atoms with van der Waals surface area (Å²) in [5, 5.41) is 9.11. The Kier molecular flexibility index (Phi) is 11.1. The monoisotopic (exact) mass is 758 g/mol. The number of aromatic nitrogens is 8. The Morgan fingerprint density at radius 2 is 1.29 bits per heavy atom. The lowest BCUT2D eigenvalue weighted by Gasteiger charge is -2.22. The first-order valence-electron chi connectivity index (χ1n) is 16.6. The molecule has 10 nitrogen and oxygen atoms in total. The zero-order valence-electron chi connectivity index (χ0n) is 26.8. The Balaban J connectivity index is 0.000000164. The largest absolute Gasteiger partial charge is 0.357 e. The molecule has 6 aromatic rings. The summed E-state index contributed by atoms with van der Waals surface area (Å²) in [7, 11) is 0. The van der Waals surface area contributed by atoms with Crippen molar-refractivity contribution >= 4 is 44.7 Å². The number of aryl methyl sites for hydroxylation is 2. The minimum Gasteiger partial charge on any atom is -0.357 e. The summed E-state index contributed by atoms with van der Waals surface area (Å²) in [6, 6.07) is 12.3. The second kappa shape index (κ2) is 15.6. The fourth-order valence-corrected chi connectivity index (χ4v) is 6.64. The third-order valence-electron chi connectivity index (χ3n) is 8.77. The van der Waals surface area contributed by atoms with E-state index in [0.29, 0.717) is 0 Å². The molecule has 2 saturated heterocycles. The molecule has 2 atom stereocenters. The van der Waals surface area contributed by atoms with E-state index >= 15 is 0 Å². The van der Waals surface area contributed by atoms with E-state index in [0.717, 1.165) is 100 Å². The number of nitrogens with zero attached hydrogens (tertiary/aromatic N) is 8. The average Bonchev–Trinajstić information content (AvgIpc) is 3.79. The summed E-state index contributed by atoms with van der Waals surface area (Å²) in [5.74, 6) is 0. The van der Waals surface area contributed by atoms with Gasteiger partial charge in [0.05, 0.1) is 45.2 Å². The van der Waals surface area contributed by atoms with E-state index in [1.54, 1.807) is 0 Å². The fraction of sp³-hybridized carbons (Fsp3) is 0.405. The van der Waals surface area contributed by atoms with E-state index in [1.807, 2.05) is 58.4 Å². The molecule has 2 aliphatic heterocycles. The highest BCUT2D eigenvalue weighted by Crippen LogP contribution is 2.29. The van der Waals surface area contributed by atoms with Gasteiger partial charge in [-0.2, -0.15) is 10.2 Å². The molecule has 48 heavy (non-hydrogen) atoms. The van der Waals surface area contributed by atoms with Crippen molar-refractivity contribution in [1.82, 2.24) is 39.5 Å².